The molecule has 0 aliphatic heterocycles. The fourth-order valence-corrected chi connectivity index (χ4v) is 2.36. The van der Waals surface area contributed by atoms with Gasteiger partial charge in [0.15, 0.2) is 0 Å². The van der Waals surface area contributed by atoms with Crippen LogP contribution in [0.1, 0.15) is 25.7 Å². The predicted octanol–water partition coefficient (Wildman–Crippen LogP) is 2.15. The molecule has 0 spiro atoms. The van der Waals surface area contributed by atoms with Gasteiger partial charge in [-0.3, -0.25) is 4.79 Å². The van der Waals surface area contributed by atoms with Crippen LogP contribution in [0.2, 0.25) is 0 Å². The number of carbonyl (C=O) groups excluding carboxylic acids is 1. The Morgan fingerprint density at radius 3 is 2.75 bits per heavy atom. The van der Waals surface area contributed by atoms with Crippen molar-refractivity contribution in [1.82, 2.24) is 9.97 Å². The number of carbonyl (C=O) groups is 1. The van der Waals surface area contributed by atoms with E-state index in [4.69, 9.17) is 10.5 Å². The van der Waals surface area contributed by atoms with E-state index in [1.807, 2.05) is 24.3 Å². The van der Waals surface area contributed by atoms with Gasteiger partial charge in [0.1, 0.15) is 5.82 Å². The number of benzene rings is 1. The van der Waals surface area contributed by atoms with Crippen molar-refractivity contribution >= 4 is 28.6 Å². The Balaban J connectivity index is 1.95. The summed E-state index contributed by atoms with van der Waals surface area (Å²) in [4.78, 5) is 19.8. The van der Waals surface area contributed by atoms with Gasteiger partial charge in [0.25, 0.3) is 0 Å². The van der Waals surface area contributed by atoms with Crippen molar-refractivity contribution in [1.29, 1.82) is 0 Å². The van der Waals surface area contributed by atoms with Crippen molar-refractivity contribution in [3.63, 3.8) is 0 Å². The van der Waals surface area contributed by atoms with E-state index in [1.54, 1.807) is 7.11 Å². The molecule has 0 fully saturated rings. The largest absolute Gasteiger partial charge is 0.383 e. The van der Waals surface area contributed by atoms with Crippen LogP contribution in [-0.4, -0.2) is 42.7 Å². The number of para-hydroxylation sites is 1. The minimum atomic E-state index is -0.243. The molecule has 0 saturated heterocycles. The maximum absolute atomic E-state index is 10.7. The fourth-order valence-electron chi connectivity index (χ4n) is 2.36. The third-order valence-electron chi connectivity index (χ3n) is 3.58. The van der Waals surface area contributed by atoms with Crippen LogP contribution in [0.15, 0.2) is 24.3 Å². The number of nitrogens with two attached hydrogens (primary N) is 1. The number of nitrogens with one attached hydrogen (secondary N) is 2. The summed E-state index contributed by atoms with van der Waals surface area (Å²) in [7, 11) is 1.67. The summed E-state index contributed by atoms with van der Waals surface area (Å²) < 4.78 is 5.07. The van der Waals surface area contributed by atoms with Crippen LogP contribution < -0.4 is 16.4 Å². The highest BCUT2D eigenvalue weighted by atomic mass is 16.5. The first-order valence-electron chi connectivity index (χ1n) is 8.22. The first-order chi connectivity index (χ1) is 11.7. The summed E-state index contributed by atoms with van der Waals surface area (Å²) in [5.74, 6) is 1.16. The lowest BCUT2D eigenvalue weighted by atomic mass is 10.2. The van der Waals surface area contributed by atoms with Crippen molar-refractivity contribution in [2.75, 3.05) is 37.4 Å². The highest BCUT2D eigenvalue weighted by Gasteiger charge is 2.06. The second-order valence-electron chi connectivity index (χ2n) is 5.54. The molecule has 130 valence electrons. The molecule has 0 unspecified atom stereocenters. The van der Waals surface area contributed by atoms with Gasteiger partial charge in [-0.1, -0.05) is 18.6 Å². The van der Waals surface area contributed by atoms with Crippen molar-refractivity contribution in [3.8, 4) is 0 Å². The van der Waals surface area contributed by atoms with Crippen LogP contribution in [0.25, 0.3) is 10.9 Å². The molecule has 0 saturated carbocycles. The lowest BCUT2D eigenvalue weighted by Gasteiger charge is -2.11. The Bertz CT molecular complexity index is 662. The Labute approximate surface area is 142 Å². The molecular weight excluding hydrogens is 306 g/mol. The van der Waals surface area contributed by atoms with Crippen LogP contribution in [0.5, 0.6) is 0 Å². The zero-order chi connectivity index (χ0) is 17.2. The number of hydrogen-bond acceptors (Lipinski definition) is 6. The van der Waals surface area contributed by atoms with E-state index >= 15 is 0 Å². The van der Waals surface area contributed by atoms with Crippen LogP contribution in [0.3, 0.4) is 0 Å². The number of ether oxygens (including phenoxy) is 1. The lowest BCUT2D eigenvalue weighted by molar-refractivity contribution is -0.118. The van der Waals surface area contributed by atoms with Crippen LogP contribution in [0.4, 0.5) is 11.8 Å². The molecular formula is C17H25N5O2. The molecule has 0 aliphatic rings. The second-order valence-corrected chi connectivity index (χ2v) is 5.54. The maximum atomic E-state index is 10.7. The molecule has 0 atom stereocenters. The van der Waals surface area contributed by atoms with Gasteiger partial charge < -0.3 is 21.1 Å². The average molecular weight is 331 g/mol. The average Bonchev–Trinajstić information content (AvgIpc) is 2.58. The smallest absolute Gasteiger partial charge is 0.225 e. The van der Waals surface area contributed by atoms with Gasteiger partial charge in [-0.25, -0.2) is 4.98 Å². The van der Waals surface area contributed by atoms with E-state index in [0.29, 0.717) is 25.5 Å². The van der Waals surface area contributed by atoms with E-state index < -0.39 is 0 Å². The molecule has 1 aromatic carbocycles. The molecule has 24 heavy (non-hydrogen) atoms. The van der Waals surface area contributed by atoms with Crippen molar-refractivity contribution in [2.45, 2.75) is 25.7 Å². The van der Waals surface area contributed by atoms with Crippen LogP contribution in [0, 0.1) is 0 Å². The van der Waals surface area contributed by atoms with Gasteiger partial charge in [0.05, 0.1) is 12.1 Å². The number of primary amides is 1. The second kappa shape index (κ2) is 9.67. The summed E-state index contributed by atoms with van der Waals surface area (Å²) in [6, 6.07) is 7.90. The normalized spacial score (nSPS) is 10.7. The van der Waals surface area contributed by atoms with E-state index in [9.17, 15) is 4.79 Å². The van der Waals surface area contributed by atoms with Gasteiger partial charge >= 0.3 is 0 Å². The SMILES string of the molecule is COCCNc1nc(NCCCCCC(N)=O)nc2ccccc12. The Morgan fingerprint density at radius 1 is 1.12 bits per heavy atom. The number of hydrogen-bond donors (Lipinski definition) is 3. The summed E-state index contributed by atoms with van der Waals surface area (Å²) in [6.07, 6.45) is 3.15. The minimum Gasteiger partial charge on any atom is -0.383 e. The number of methoxy groups -OCH3 is 1. The van der Waals surface area contributed by atoms with Gasteiger partial charge in [0.2, 0.25) is 11.9 Å². The molecule has 0 bridgehead atoms. The topological polar surface area (TPSA) is 102 Å². The summed E-state index contributed by atoms with van der Waals surface area (Å²) in [5.41, 5.74) is 6.02. The molecule has 2 rings (SSSR count). The van der Waals surface area contributed by atoms with Crippen molar-refractivity contribution < 1.29 is 9.53 Å². The number of amides is 1. The highest BCUT2D eigenvalue weighted by molar-refractivity contribution is 5.90. The molecule has 4 N–H and O–H groups in total. The first-order valence-corrected chi connectivity index (χ1v) is 8.22. The summed E-state index contributed by atoms with van der Waals surface area (Å²) >= 11 is 0. The molecule has 0 radical (unpaired) electrons. The number of unbranched alkanes of at least 4 members (excludes halogenated alkanes) is 2. The first kappa shape index (κ1) is 17.9. The van der Waals surface area contributed by atoms with E-state index in [-0.39, 0.29) is 5.91 Å². The van der Waals surface area contributed by atoms with E-state index in [1.165, 1.54) is 0 Å². The molecule has 1 aromatic heterocycles. The highest BCUT2D eigenvalue weighted by Crippen LogP contribution is 2.21. The quantitative estimate of drug-likeness (QED) is 0.545. The Morgan fingerprint density at radius 2 is 1.96 bits per heavy atom. The molecule has 7 nitrogen and oxygen atoms in total. The molecule has 7 heteroatoms. The van der Waals surface area contributed by atoms with Gasteiger partial charge in [-0.05, 0) is 25.0 Å². The third kappa shape index (κ3) is 5.66. The number of nitrogens with zero attached hydrogens (tertiary/aromatic N) is 2. The number of anilines is 2. The maximum Gasteiger partial charge on any atom is 0.225 e. The van der Waals surface area contributed by atoms with Crippen molar-refractivity contribution in [2.24, 2.45) is 5.73 Å². The third-order valence-corrected chi connectivity index (χ3v) is 3.58. The molecule has 1 heterocycles. The van der Waals surface area contributed by atoms with Crippen LogP contribution >= 0.6 is 0 Å². The number of fused-ring (bicyclic) bond motifs is 1. The number of aromatic nitrogens is 2. The van der Waals surface area contributed by atoms with Gasteiger partial charge in [0, 0.05) is 32.0 Å². The zero-order valence-electron chi connectivity index (χ0n) is 14.0. The molecule has 0 aliphatic carbocycles. The van der Waals surface area contributed by atoms with Gasteiger partial charge in [-0.2, -0.15) is 4.98 Å². The minimum absolute atomic E-state index is 0.243. The standard InChI is InChI=1S/C17H25N5O2/c1-24-12-11-19-16-13-7-4-5-8-14(13)21-17(22-16)20-10-6-2-3-9-15(18)23/h4-5,7-8H,2-3,6,9-12H2,1H3,(H2,18,23)(H2,19,20,21,22). The molecule has 1 amide bonds. The fraction of sp³-hybridized carbons (Fsp3) is 0.471. The zero-order valence-corrected chi connectivity index (χ0v) is 14.0. The Kier molecular flexibility index (Phi) is 7.22. The van der Waals surface area contributed by atoms with E-state index in [2.05, 4.69) is 20.6 Å². The van der Waals surface area contributed by atoms with Crippen molar-refractivity contribution in [3.05, 3.63) is 24.3 Å². The summed E-state index contributed by atoms with van der Waals surface area (Å²) in [5, 5.41) is 7.52. The van der Waals surface area contributed by atoms with Gasteiger partial charge in [-0.15, -0.1) is 0 Å². The molecule has 2 aromatic rings. The summed E-state index contributed by atoms with van der Waals surface area (Å²) in [6.45, 7) is 2.06. The number of rotatable bonds is 11. The monoisotopic (exact) mass is 331 g/mol. The Hall–Kier alpha value is -2.41. The lowest BCUT2D eigenvalue weighted by Crippen LogP contribution is -2.12. The predicted molar refractivity (Wildman–Crippen MR) is 96.1 cm³/mol. The van der Waals surface area contributed by atoms with E-state index in [0.717, 1.165) is 42.5 Å². The van der Waals surface area contributed by atoms with Crippen LogP contribution in [-0.2, 0) is 9.53 Å².